The number of amides is 2. The summed E-state index contributed by atoms with van der Waals surface area (Å²) in [5, 5.41) is 4.01. The third kappa shape index (κ3) is 4.90. The van der Waals surface area contributed by atoms with Crippen molar-refractivity contribution in [2.45, 2.75) is 32.1 Å². The summed E-state index contributed by atoms with van der Waals surface area (Å²) in [6.45, 7) is 2.62. The third-order valence-corrected chi connectivity index (χ3v) is 1.36. The van der Waals surface area contributed by atoms with Crippen molar-refractivity contribution in [1.82, 2.24) is 10.6 Å². The Morgan fingerprint density at radius 1 is 1.36 bits per heavy atom. The van der Waals surface area contributed by atoms with Crippen LogP contribution in [0.1, 0.15) is 13.8 Å². The molecule has 0 bridgehead atoms. The van der Waals surface area contributed by atoms with E-state index >= 15 is 0 Å². The molecule has 0 saturated carbocycles. The maximum absolute atomic E-state index is 12.1. The molecule has 0 aromatic rings. The van der Waals surface area contributed by atoms with E-state index in [-0.39, 0.29) is 6.04 Å². The van der Waals surface area contributed by atoms with Crippen LogP contribution in [-0.2, 0) is 0 Å². The molecule has 0 aromatic carbocycles. The minimum atomic E-state index is -4.51. The highest BCUT2D eigenvalue weighted by atomic mass is 19.4. The van der Waals surface area contributed by atoms with Crippen LogP contribution in [0, 0.1) is 0 Å². The molecular formula is C7H14F3N3O. The van der Waals surface area contributed by atoms with E-state index in [1.807, 2.05) is 0 Å². The quantitative estimate of drug-likeness (QED) is 0.642. The molecule has 84 valence electrons. The Hall–Kier alpha value is -0.980. The highest BCUT2D eigenvalue weighted by Gasteiger charge is 2.39. The fourth-order valence-electron chi connectivity index (χ4n) is 0.736. The minimum Gasteiger partial charge on any atom is -0.336 e. The zero-order chi connectivity index (χ0) is 11.4. The van der Waals surface area contributed by atoms with Crippen LogP contribution >= 0.6 is 0 Å². The van der Waals surface area contributed by atoms with Crippen molar-refractivity contribution in [1.29, 1.82) is 0 Å². The zero-order valence-electron chi connectivity index (χ0n) is 7.98. The number of urea groups is 1. The van der Waals surface area contributed by atoms with Crippen molar-refractivity contribution in [3.63, 3.8) is 0 Å². The predicted molar refractivity (Wildman–Crippen MR) is 45.7 cm³/mol. The number of nitrogens with two attached hydrogens (primary N) is 1. The Labute approximate surface area is 80.0 Å². The van der Waals surface area contributed by atoms with Gasteiger partial charge in [0.25, 0.3) is 0 Å². The number of nitrogens with one attached hydrogen (secondary N) is 2. The standard InChI is InChI=1S/C7H14F3N3O/c1-4(2)12-6(14)13-5(3-11)7(8,9)10/h4-5H,3,11H2,1-2H3,(H2,12,13,14). The molecule has 0 aliphatic rings. The predicted octanol–water partition coefficient (Wildman–Crippen LogP) is 0.584. The molecule has 0 aliphatic carbocycles. The van der Waals surface area contributed by atoms with Crippen LogP contribution in [0.25, 0.3) is 0 Å². The van der Waals surface area contributed by atoms with Gasteiger partial charge in [-0.25, -0.2) is 4.79 Å². The van der Waals surface area contributed by atoms with Gasteiger partial charge < -0.3 is 16.4 Å². The lowest BCUT2D eigenvalue weighted by Gasteiger charge is -2.20. The highest BCUT2D eigenvalue weighted by molar-refractivity contribution is 5.74. The summed E-state index contributed by atoms with van der Waals surface area (Å²) in [5.74, 6) is 0. The second-order valence-corrected chi connectivity index (χ2v) is 3.10. The maximum atomic E-state index is 12.1. The molecular weight excluding hydrogens is 199 g/mol. The molecule has 0 aliphatic heterocycles. The maximum Gasteiger partial charge on any atom is 0.409 e. The molecule has 0 aromatic heterocycles. The van der Waals surface area contributed by atoms with E-state index in [1.54, 1.807) is 19.2 Å². The summed E-state index contributed by atoms with van der Waals surface area (Å²) in [6.07, 6.45) is -4.51. The van der Waals surface area contributed by atoms with Gasteiger partial charge in [0.1, 0.15) is 6.04 Å². The van der Waals surface area contributed by atoms with E-state index in [1.165, 1.54) is 0 Å². The van der Waals surface area contributed by atoms with Crippen molar-refractivity contribution in [3.8, 4) is 0 Å². The lowest BCUT2D eigenvalue weighted by molar-refractivity contribution is -0.150. The normalized spacial score (nSPS) is 13.9. The molecule has 1 atom stereocenters. The van der Waals surface area contributed by atoms with Gasteiger partial charge in [-0.2, -0.15) is 13.2 Å². The van der Waals surface area contributed by atoms with E-state index in [0.29, 0.717) is 0 Å². The van der Waals surface area contributed by atoms with Crippen LogP contribution in [-0.4, -0.2) is 30.8 Å². The lowest BCUT2D eigenvalue weighted by atomic mass is 10.3. The first-order chi connectivity index (χ1) is 6.27. The van der Waals surface area contributed by atoms with Crippen LogP contribution in [0.4, 0.5) is 18.0 Å². The number of carbonyl (C=O) groups is 1. The van der Waals surface area contributed by atoms with Crippen molar-refractivity contribution in [3.05, 3.63) is 0 Å². The molecule has 0 saturated heterocycles. The first-order valence-corrected chi connectivity index (χ1v) is 4.11. The van der Waals surface area contributed by atoms with E-state index in [4.69, 9.17) is 5.73 Å². The summed E-state index contributed by atoms with van der Waals surface area (Å²) in [6, 6.07) is -3.09. The van der Waals surface area contributed by atoms with Crippen LogP contribution in [0.3, 0.4) is 0 Å². The molecule has 0 heterocycles. The molecule has 14 heavy (non-hydrogen) atoms. The van der Waals surface area contributed by atoms with Gasteiger partial charge in [-0.05, 0) is 13.8 Å². The van der Waals surface area contributed by atoms with Crippen LogP contribution in [0.2, 0.25) is 0 Å². The van der Waals surface area contributed by atoms with Gasteiger partial charge in [0.05, 0.1) is 0 Å². The Balaban J connectivity index is 4.13. The molecule has 4 N–H and O–H groups in total. The summed E-state index contributed by atoms with van der Waals surface area (Å²) in [7, 11) is 0. The molecule has 4 nitrogen and oxygen atoms in total. The Morgan fingerprint density at radius 2 is 1.86 bits per heavy atom. The van der Waals surface area contributed by atoms with Crippen LogP contribution in [0.5, 0.6) is 0 Å². The number of hydrogen-bond donors (Lipinski definition) is 3. The van der Waals surface area contributed by atoms with Crippen molar-refractivity contribution in [2.24, 2.45) is 5.73 Å². The van der Waals surface area contributed by atoms with Gasteiger partial charge in [0.2, 0.25) is 0 Å². The number of alkyl halides is 3. The second-order valence-electron chi connectivity index (χ2n) is 3.10. The molecule has 2 amide bonds. The zero-order valence-corrected chi connectivity index (χ0v) is 7.98. The van der Waals surface area contributed by atoms with Crippen molar-refractivity contribution < 1.29 is 18.0 Å². The van der Waals surface area contributed by atoms with Crippen LogP contribution in [0.15, 0.2) is 0 Å². The monoisotopic (exact) mass is 213 g/mol. The number of halogens is 3. The summed E-state index contributed by atoms with van der Waals surface area (Å²) >= 11 is 0. The highest BCUT2D eigenvalue weighted by Crippen LogP contribution is 2.18. The van der Waals surface area contributed by atoms with E-state index in [0.717, 1.165) is 0 Å². The molecule has 1 unspecified atom stereocenters. The fourth-order valence-corrected chi connectivity index (χ4v) is 0.736. The minimum absolute atomic E-state index is 0.221. The molecule has 0 spiro atoms. The molecule has 0 rings (SSSR count). The second kappa shape index (κ2) is 5.04. The Kier molecular flexibility index (Phi) is 4.69. The Morgan fingerprint density at radius 3 is 2.14 bits per heavy atom. The van der Waals surface area contributed by atoms with E-state index in [2.05, 4.69) is 5.32 Å². The van der Waals surface area contributed by atoms with Gasteiger partial charge in [0.15, 0.2) is 0 Å². The molecule has 7 heteroatoms. The first kappa shape index (κ1) is 13.0. The number of rotatable bonds is 3. The van der Waals surface area contributed by atoms with Gasteiger partial charge in [-0.15, -0.1) is 0 Å². The largest absolute Gasteiger partial charge is 0.409 e. The summed E-state index contributed by atoms with van der Waals surface area (Å²) in [5.41, 5.74) is 4.88. The number of hydrogen-bond acceptors (Lipinski definition) is 2. The average Bonchev–Trinajstić information content (AvgIpc) is 1.96. The van der Waals surface area contributed by atoms with Gasteiger partial charge in [-0.1, -0.05) is 0 Å². The summed E-state index contributed by atoms with van der Waals surface area (Å²) in [4.78, 5) is 10.9. The Bertz CT molecular complexity index is 193. The topological polar surface area (TPSA) is 67.2 Å². The van der Waals surface area contributed by atoms with Gasteiger partial charge >= 0.3 is 12.2 Å². The van der Waals surface area contributed by atoms with E-state index in [9.17, 15) is 18.0 Å². The van der Waals surface area contributed by atoms with Gasteiger partial charge in [0, 0.05) is 12.6 Å². The average molecular weight is 213 g/mol. The lowest BCUT2D eigenvalue weighted by Crippen LogP contribution is -2.53. The smallest absolute Gasteiger partial charge is 0.336 e. The molecule has 0 radical (unpaired) electrons. The fraction of sp³-hybridized carbons (Fsp3) is 0.857. The van der Waals surface area contributed by atoms with Crippen molar-refractivity contribution in [2.75, 3.05) is 6.54 Å². The number of carbonyl (C=O) groups excluding carboxylic acids is 1. The van der Waals surface area contributed by atoms with E-state index < -0.39 is 24.8 Å². The van der Waals surface area contributed by atoms with Crippen molar-refractivity contribution >= 4 is 6.03 Å². The van der Waals surface area contributed by atoms with Crippen LogP contribution < -0.4 is 16.4 Å². The third-order valence-electron chi connectivity index (χ3n) is 1.36. The van der Waals surface area contributed by atoms with Gasteiger partial charge in [-0.3, -0.25) is 0 Å². The first-order valence-electron chi connectivity index (χ1n) is 4.11. The summed E-state index contributed by atoms with van der Waals surface area (Å²) < 4.78 is 36.3. The molecule has 0 fully saturated rings. The SMILES string of the molecule is CC(C)NC(=O)NC(CN)C(F)(F)F.